The molecule has 0 bridgehead atoms. The van der Waals surface area contributed by atoms with Crippen LogP contribution in [0, 0.1) is 0 Å². The molecule has 1 heterocycles. The van der Waals surface area contributed by atoms with Gasteiger partial charge < -0.3 is 14.7 Å². The molecule has 182 valence electrons. The van der Waals surface area contributed by atoms with Gasteiger partial charge in [0.25, 0.3) is 0 Å². The number of ether oxygens (including phenoxy) is 1. The molecule has 5 nitrogen and oxygen atoms in total. The van der Waals surface area contributed by atoms with Crippen LogP contribution < -0.4 is 4.90 Å². The zero-order valence-corrected chi connectivity index (χ0v) is 22.0. The summed E-state index contributed by atoms with van der Waals surface area (Å²) in [6.07, 6.45) is 0.787. The van der Waals surface area contributed by atoms with E-state index in [1.165, 1.54) is 39.9 Å². The molecule has 0 radical (unpaired) electrons. The molecule has 0 spiro atoms. The van der Waals surface area contributed by atoms with Crippen molar-refractivity contribution in [2.45, 2.75) is 55.7 Å². The molecule has 0 saturated carbocycles. The maximum absolute atomic E-state index is 11.4. The third-order valence-corrected chi connectivity index (χ3v) is 7.72. The number of aliphatic carboxylic acids is 1. The maximum atomic E-state index is 11.4. The second-order valence-corrected chi connectivity index (χ2v) is 11.8. The largest absolute Gasteiger partial charge is 0.480 e. The minimum Gasteiger partial charge on any atom is -0.480 e. The molecule has 1 N–H and O–H groups in total. The van der Waals surface area contributed by atoms with Crippen LogP contribution in [-0.4, -0.2) is 40.5 Å². The number of rotatable bonds is 13. The van der Waals surface area contributed by atoms with Crippen molar-refractivity contribution in [1.82, 2.24) is 4.98 Å². The summed E-state index contributed by atoms with van der Waals surface area (Å²) in [4.78, 5) is 18.5. The predicted octanol–water partition coefficient (Wildman–Crippen LogP) is 6.49. The minimum atomic E-state index is -0.894. The number of thioether (sulfide) groups is 1. The van der Waals surface area contributed by atoms with Crippen LogP contribution in [-0.2, 0) is 22.6 Å². The molecule has 0 aliphatic carbocycles. The van der Waals surface area contributed by atoms with E-state index in [1.54, 1.807) is 13.8 Å². The molecule has 3 aromatic rings. The molecule has 7 heteroatoms. The lowest BCUT2D eigenvalue weighted by molar-refractivity contribution is -0.138. The van der Waals surface area contributed by atoms with Crippen LogP contribution in [0.4, 0.5) is 5.69 Å². The van der Waals surface area contributed by atoms with Crippen molar-refractivity contribution in [2.24, 2.45) is 0 Å². The van der Waals surface area contributed by atoms with Crippen LogP contribution in [0.5, 0.6) is 0 Å². The lowest BCUT2D eigenvalue weighted by Crippen LogP contribution is -2.30. The minimum absolute atomic E-state index is 0.465. The molecule has 0 saturated heterocycles. The van der Waals surface area contributed by atoms with Crippen LogP contribution >= 0.6 is 23.1 Å². The number of hydrogen-bond acceptors (Lipinski definition) is 6. The van der Waals surface area contributed by atoms with Crippen molar-refractivity contribution in [1.29, 1.82) is 0 Å². The lowest BCUT2D eigenvalue weighted by Gasteiger charge is -2.25. The number of aromatic nitrogens is 1. The van der Waals surface area contributed by atoms with Gasteiger partial charge in [0.2, 0.25) is 0 Å². The first-order valence-electron chi connectivity index (χ1n) is 11.6. The summed E-state index contributed by atoms with van der Waals surface area (Å²) in [5.41, 5.74) is 4.67. The Balaban J connectivity index is 1.64. The molecule has 2 aromatic carbocycles. The Labute approximate surface area is 211 Å². The summed E-state index contributed by atoms with van der Waals surface area (Å²) in [5.74, 6) is -0.368. The second-order valence-electron chi connectivity index (χ2n) is 9.05. The average Bonchev–Trinajstić information content (AvgIpc) is 3.25. The Morgan fingerprint density at radius 3 is 2.62 bits per heavy atom. The van der Waals surface area contributed by atoms with E-state index < -0.39 is 10.7 Å². The van der Waals surface area contributed by atoms with Gasteiger partial charge in [0.15, 0.2) is 4.34 Å². The van der Waals surface area contributed by atoms with Gasteiger partial charge in [-0.1, -0.05) is 68.1 Å². The summed E-state index contributed by atoms with van der Waals surface area (Å²) in [5, 5.41) is 11.4. The summed E-state index contributed by atoms with van der Waals surface area (Å²) in [6, 6.07) is 18.9. The number of thiazole rings is 1. The SMILES string of the molecule is CC(C)c1cccc(N(CCOCc2ccccc2)CCc2csc(SC(C)(C)C(=O)O)n2)c1. The molecular weight excluding hydrogens is 464 g/mol. The van der Waals surface area contributed by atoms with Crippen molar-refractivity contribution in [3.8, 4) is 0 Å². The fraction of sp³-hybridized carbons (Fsp3) is 0.407. The number of anilines is 1. The number of nitrogens with zero attached hydrogens (tertiary/aromatic N) is 2. The summed E-state index contributed by atoms with van der Waals surface area (Å²) < 4.78 is 5.87. The standard InChI is InChI=1S/C27H34N2O3S2/c1-20(2)22-11-8-12-24(17-22)29(15-16-32-18-21-9-6-5-7-10-21)14-13-23-19-33-26(28-23)34-27(3,4)25(30)31/h5-12,17,19-20H,13-16,18H2,1-4H3,(H,30,31). The predicted molar refractivity (Wildman–Crippen MR) is 142 cm³/mol. The fourth-order valence-corrected chi connectivity index (χ4v) is 5.58. The van der Waals surface area contributed by atoms with Crippen LogP contribution in [0.1, 0.15) is 50.4 Å². The van der Waals surface area contributed by atoms with Gasteiger partial charge in [0.05, 0.1) is 18.9 Å². The van der Waals surface area contributed by atoms with Crippen molar-refractivity contribution < 1.29 is 14.6 Å². The molecule has 0 atom stereocenters. The average molecular weight is 499 g/mol. The molecule has 1 aromatic heterocycles. The molecule has 0 aliphatic heterocycles. The molecule has 34 heavy (non-hydrogen) atoms. The number of hydrogen-bond donors (Lipinski definition) is 1. The number of carboxylic acid groups (broad SMARTS) is 1. The highest BCUT2D eigenvalue weighted by Crippen LogP contribution is 2.34. The van der Waals surface area contributed by atoms with Crippen LogP contribution in [0.3, 0.4) is 0 Å². The Morgan fingerprint density at radius 2 is 1.91 bits per heavy atom. The van der Waals surface area contributed by atoms with E-state index in [2.05, 4.69) is 60.1 Å². The first-order valence-corrected chi connectivity index (χ1v) is 13.3. The Bertz CT molecular complexity index is 1050. The van der Waals surface area contributed by atoms with Gasteiger partial charge >= 0.3 is 5.97 Å². The lowest BCUT2D eigenvalue weighted by atomic mass is 10.0. The molecule has 0 amide bonds. The van der Waals surface area contributed by atoms with Gasteiger partial charge in [-0.2, -0.15) is 0 Å². The van der Waals surface area contributed by atoms with E-state index in [-0.39, 0.29) is 0 Å². The zero-order valence-electron chi connectivity index (χ0n) is 20.4. The first kappa shape index (κ1) is 26.3. The quantitative estimate of drug-likeness (QED) is 0.215. The van der Waals surface area contributed by atoms with E-state index >= 15 is 0 Å². The van der Waals surface area contributed by atoms with Crippen molar-refractivity contribution in [2.75, 3.05) is 24.6 Å². The van der Waals surface area contributed by atoms with E-state index in [9.17, 15) is 9.90 Å². The molecule has 0 unspecified atom stereocenters. The van der Waals surface area contributed by atoms with E-state index in [4.69, 9.17) is 4.74 Å². The normalized spacial score (nSPS) is 11.7. The van der Waals surface area contributed by atoms with E-state index in [0.29, 0.717) is 19.1 Å². The molecule has 0 aliphatic rings. The van der Waals surface area contributed by atoms with Gasteiger partial charge in [-0.05, 0) is 43.0 Å². The van der Waals surface area contributed by atoms with Crippen LogP contribution in [0.15, 0.2) is 64.3 Å². The Hall–Kier alpha value is -2.35. The topological polar surface area (TPSA) is 62.7 Å². The van der Waals surface area contributed by atoms with Gasteiger partial charge in [0, 0.05) is 30.6 Å². The van der Waals surface area contributed by atoms with Gasteiger partial charge in [0.1, 0.15) is 4.75 Å². The Kier molecular flexibility index (Phi) is 9.56. The van der Waals surface area contributed by atoms with Crippen molar-refractivity contribution in [3.63, 3.8) is 0 Å². The third kappa shape index (κ3) is 7.86. The number of carbonyl (C=O) groups is 1. The number of benzene rings is 2. The fourth-order valence-electron chi connectivity index (χ4n) is 3.35. The third-order valence-electron chi connectivity index (χ3n) is 5.55. The molecule has 0 fully saturated rings. The van der Waals surface area contributed by atoms with Crippen LogP contribution in [0.25, 0.3) is 0 Å². The highest BCUT2D eigenvalue weighted by Gasteiger charge is 2.29. The van der Waals surface area contributed by atoms with Gasteiger partial charge in [-0.3, -0.25) is 4.79 Å². The summed E-state index contributed by atoms with van der Waals surface area (Å²) in [6.45, 7) is 10.7. The van der Waals surface area contributed by atoms with Gasteiger partial charge in [-0.15, -0.1) is 11.3 Å². The monoisotopic (exact) mass is 498 g/mol. The van der Waals surface area contributed by atoms with Crippen molar-refractivity contribution >= 4 is 34.8 Å². The zero-order chi connectivity index (χ0) is 24.6. The molecular formula is C27H34N2O3S2. The maximum Gasteiger partial charge on any atom is 0.319 e. The highest BCUT2D eigenvalue weighted by atomic mass is 32.2. The highest BCUT2D eigenvalue weighted by molar-refractivity contribution is 8.02. The summed E-state index contributed by atoms with van der Waals surface area (Å²) in [7, 11) is 0. The second kappa shape index (κ2) is 12.4. The smallest absolute Gasteiger partial charge is 0.319 e. The number of carboxylic acids is 1. The van der Waals surface area contributed by atoms with Gasteiger partial charge in [-0.25, -0.2) is 4.98 Å². The van der Waals surface area contributed by atoms with Crippen LogP contribution in [0.2, 0.25) is 0 Å². The van der Waals surface area contributed by atoms with E-state index in [0.717, 1.165) is 29.5 Å². The Morgan fingerprint density at radius 1 is 1.15 bits per heavy atom. The van der Waals surface area contributed by atoms with E-state index in [1.807, 2.05) is 23.6 Å². The first-order chi connectivity index (χ1) is 16.2. The molecule has 3 rings (SSSR count). The van der Waals surface area contributed by atoms with Crippen molar-refractivity contribution in [3.05, 3.63) is 76.8 Å². The summed E-state index contributed by atoms with van der Waals surface area (Å²) >= 11 is 2.81.